The number of hydrogen-bond acceptors (Lipinski definition) is 5. The molecule has 6 nitrogen and oxygen atoms in total. The number of benzene rings is 1. The van der Waals surface area contributed by atoms with Gasteiger partial charge in [-0.1, -0.05) is 18.2 Å². The van der Waals surface area contributed by atoms with Crippen molar-refractivity contribution >= 4 is 23.0 Å². The van der Waals surface area contributed by atoms with E-state index in [1.807, 2.05) is 24.3 Å². The first kappa shape index (κ1) is 16.9. The highest BCUT2D eigenvalue weighted by molar-refractivity contribution is 5.83. The number of amides is 1. The summed E-state index contributed by atoms with van der Waals surface area (Å²) < 4.78 is 15.5. The molecule has 0 spiro atoms. The van der Waals surface area contributed by atoms with Crippen molar-refractivity contribution in [3.63, 3.8) is 0 Å². The molecule has 0 unspecified atom stereocenters. The van der Waals surface area contributed by atoms with Gasteiger partial charge in [-0.2, -0.15) is 0 Å². The Morgan fingerprint density at radius 3 is 2.61 bits per heavy atom. The number of rotatable bonds is 4. The molecule has 124 valence electrons. The molecule has 1 aromatic carbocycles. The summed E-state index contributed by atoms with van der Waals surface area (Å²) in [5.74, 6) is -0.434. The summed E-state index contributed by atoms with van der Waals surface area (Å²) in [5, 5.41) is 3.54. The van der Waals surface area contributed by atoms with Gasteiger partial charge in [0.25, 0.3) is 0 Å². The zero-order valence-corrected chi connectivity index (χ0v) is 13.7. The molecule has 0 saturated heterocycles. The van der Waals surface area contributed by atoms with Gasteiger partial charge in [0.1, 0.15) is 11.2 Å². The van der Waals surface area contributed by atoms with Crippen LogP contribution in [0.25, 0.3) is 11.0 Å². The number of ether oxygens (including phenoxy) is 2. The zero-order chi connectivity index (χ0) is 17.0. The van der Waals surface area contributed by atoms with Crippen molar-refractivity contribution in [1.29, 1.82) is 0 Å². The molecule has 1 heterocycles. The third-order valence-corrected chi connectivity index (χ3v) is 3.18. The molecule has 1 aromatic heterocycles. The molecule has 1 atom stereocenters. The standard InChI is InChI=1S/C17H21NO5/c1-17(2,3)23-16(20)18-13(9-15(19)21-4)12-10-22-14-8-6-5-7-11(12)14/h5-8,10,13H,9H2,1-4H3,(H,18,20)/t13-/m0/s1. The van der Waals surface area contributed by atoms with E-state index in [0.717, 1.165) is 5.39 Å². The second kappa shape index (κ2) is 6.73. The summed E-state index contributed by atoms with van der Waals surface area (Å²) in [4.78, 5) is 23.7. The van der Waals surface area contributed by atoms with Crippen LogP contribution in [-0.2, 0) is 14.3 Å². The van der Waals surface area contributed by atoms with Crippen LogP contribution in [0.3, 0.4) is 0 Å². The molecule has 6 heteroatoms. The number of para-hydroxylation sites is 1. The molecule has 0 fully saturated rings. The lowest BCUT2D eigenvalue weighted by atomic mass is 10.0. The largest absolute Gasteiger partial charge is 0.469 e. The molecule has 0 aliphatic carbocycles. The van der Waals surface area contributed by atoms with Gasteiger partial charge in [-0.3, -0.25) is 4.79 Å². The van der Waals surface area contributed by atoms with E-state index >= 15 is 0 Å². The molecule has 1 N–H and O–H groups in total. The lowest BCUT2D eigenvalue weighted by Gasteiger charge is -2.23. The van der Waals surface area contributed by atoms with Gasteiger partial charge in [0, 0.05) is 10.9 Å². The smallest absolute Gasteiger partial charge is 0.408 e. The Morgan fingerprint density at radius 1 is 1.26 bits per heavy atom. The number of hydrogen-bond donors (Lipinski definition) is 1. The molecule has 0 aliphatic heterocycles. The number of carbonyl (C=O) groups excluding carboxylic acids is 2. The first-order chi connectivity index (χ1) is 10.8. The van der Waals surface area contributed by atoms with Gasteiger partial charge in [-0.05, 0) is 26.8 Å². The lowest BCUT2D eigenvalue weighted by molar-refractivity contribution is -0.141. The first-order valence-corrected chi connectivity index (χ1v) is 7.32. The maximum absolute atomic E-state index is 12.1. The Bertz CT molecular complexity index is 698. The van der Waals surface area contributed by atoms with Crippen molar-refractivity contribution in [3.8, 4) is 0 Å². The molecule has 0 radical (unpaired) electrons. The quantitative estimate of drug-likeness (QED) is 0.872. The normalized spacial score (nSPS) is 12.7. The Hall–Kier alpha value is -2.50. The molecule has 0 bridgehead atoms. The van der Waals surface area contributed by atoms with Crippen LogP contribution in [0, 0.1) is 0 Å². The van der Waals surface area contributed by atoms with E-state index in [9.17, 15) is 9.59 Å². The average Bonchev–Trinajstić information content (AvgIpc) is 2.88. The second-order valence-corrected chi connectivity index (χ2v) is 6.17. The fraction of sp³-hybridized carbons (Fsp3) is 0.412. The van der Waals surface area contributed by atoms with Crippen molar-refractivity contribution in [3.05, 3.63) is 36.1 Å². The topological polar surface area (TPSA) is 77.8 Å². The minimum absolute atomic E-state index is 0.0146. The summed E-state index contributed by atoms with van der Waals surface area (Å²) in [6.07, 6.45) is 0.922. The number of fused-ring (bicyclic) bond motifs is 1. The number of furan rings is 1. The van der Waals surface area contributed by atoms with Gasteiger partial charge in [-0.25, -0.2) is 4.79 Å². The van der Waals surface area contributed by atoms with Crippen LogP contribution in [0.4, 0.5) is 4.79 Å². The molecule has 23 heavy (non-hydrogen) atoms. The van der Waals surface area contributed by atoms with Crippen LogP contribution < -0.4 is 5.32 Å². The lowest BCUT2D eigenvalue weighted by Crippen LogP contribution is -2.35. The van der Waals surface area contributed by atoms with Crippen LogP contribution in [0.5, 0.6) is 0 Å². The monoisotopic (exact) mass is 319 g/mol. The minimum Gasteiger partial charge on any atom is -0.469 e. The molecular weight excluding hydrogens is 298 g/mol. The summed E-state index contributed by atoms with van der Waals surface area (Å²) in [6.45, 7) is 5.32. The Labute approximate surface area is 134 Å². The number of carbonyl (C=O) groups is 2. The van der Waals surface area contributed by atoms with Crippen molar-refractivity contribution in [1.82, 2.24) is 5.32 Å². The van der Waals surface area contributed by atoms with E-state index in [4.69, 9.17) is 13.9 Å². The van der Waals surface area contributed by atoms with E-state index in [-0.39, 0.29) is 6.42 Å². The van der Waals surface area contributed by atoms with Crippen LogP contribution in [0.2, 0.25) is 0 Å². The molecule has 2 aromatic rings. The van der Waals surface area contributed by atoms with Crippen LogP contribution in [0.1, 0.15) is 38.8 Å². The minimum atomic E-state index is -0.627. The highest BCUT2D eigenvalue weighted by Crippen LogP contribution is 2.28. The predicted octanol–water partition coefficient (Wildman–Crippen LogP) is 3.56. The van der Waals surface area contributed by atoms with E-state index in [0.29, 0.717) is 11.1 Å². The van der Waals surface area contributed by atoms with Gasteiger partial charge in [0.2, 0.25) is 0 Å². The number of methoxy groups -OCH3 is 1. The van der Waals surface area contributed by atoms with E-state index in [2.05, 4.69) is 5.32 Å². The average molecular weight is 319 g/mol. The van der Waals surface area contributed by atoms with E-state index < -0.39 is 23.7 Å². The van der Waals surface area contributed by atoms with Gasteiger partial charge in [0.05, 0.1) is 25.8 Å². The Morgan fingerprint density at radius 2 is 1.96 bits per heavy atom. The van der Waals surface area contributed by atoms with Crippen LogP contribution >= 0.6 is 0 Å². The number of esters is 1. The van der Waals surface area contributed by atoms with E-state index in [1.54, 1.807) is 20.8 Å². The Kier molecular flexibility index (Phi) is 4.93. The summed E-state index contributed by atoms with van der Waals surface area (Å²) in [5.41, 5.74) is 0.762. The van der Waals surface area contributed by atoms with Gasteiger partial charge in [0.15, 0.2) is 0 Å². The summed E-state index contributed by atoms with van der Waals surface area (Å²) in [6, 6.07) is 6.81. The fourth-order valence-electron chi connectivity index (χ4n) is 2.21. The SMILES string of the molecule is COC(=O)C[C@H](NC(=O)OC(C)(C)C)c1coc2ccccc12. The molecule has 0 aliphatic rings. The third-order valence-electron chi connectivity index (χ3n) is 3.18. The van der Waals surface area contributed by atoms with Gasteiger partial charge < -0.3 is 19.2 Å². The van der Waals surface area contributed by atoms with Crippen molar-refractivity contribution in [2.75, 3.05) is 7.11 Å². The zero-order valence-electron chi connectivity index (χ0n) is 13.7. The Balaban J connectivity index is 2.27. The highest BCUT2D eigenvalue weighted by Gasteiger charge is 2.25. The summed E-state index contributed by atoms with van der Waals surface area (Å²) >= 11 is 0. The molecule has 0 saturated carbocycles. The predicted molar refractivity (Wildman–Crippen MR) is 85.0 cm³/mol. The number of nitrogens with one attached hydrogen (secondary N) is 1. The molecule has 1 amide bonds. The maximum Gasteiger partial charge on any atom is 0.408 e. The number of alkyl carbamates (subject to hydrolysis) is 1. The molecular formula is C17H21NO5. The maximum atomic E-state index is 12.1. The van der Waals surface area contributed by atoms with Crippen LogP contribution in [0.15, 0.2) is 34.9 Å². The van der Waals surface area contributed by atoms with Crippen molar-refractivity contribution in [2.24, 2.45) is 0 Å². The van der Waals surface area contributed by atoms with Crippen LogP contribution in [-0.4, -0.2) is 24.8 Å². The summed E-state index contributed by atoms with van der Waals surface area (Å²) in [7, 11) is 1.31. The first-order valence-electron chi connectivity index (χ1n) is 7.32. The second-order valence-electron chi connectivity index (χ2n) is 6.17. The molecule has 2 rings (SSSR count). The van der Waals surface area contributed by atoms with E-state index in [1.165, 1.54) is 13.4 Å². The fourth-order valence-corrected chi connectivity index (χ4v) is 2.21. The third kappa shape index (κ3) is 4.48. The van der Waals surface area contributed by atoms with Gasteiger partial charge in [-0.15, -0.1) is 0 Å². The van der Waals surface area contributed by atoms with Crippen molar-refractivity contribution in [2.45, 2.75) is 38.8 Å². The van der Waals surface area contributed by atoms with Gasteiger partial charge >= 0.3 is 12.1 Å². The highest BCUT2D eigenvalue weighted by atomic mass is 16.6. The van der Waals surface area contributed by atoms with Crippen molar-refractivity contribution < 1.29 is 23.5 Å².